The van der Waals surface area contributed by atoms with Crippen LogP contribution in [-0.4, -0.2) is 75.8 Å². The number of benzene rings is 2. The van der Waals surface area contributed by atoms with Gasteiger partial charge < -0.3 is 24.2 Å². The summed E-state index contributed by atoms with van der Waals surface area (Å²) in [6.45, 7) is 6.11. The summed E-state index contributed by atoms with van der Waals surface area (Å²) in [5, 5.41) is 11.0. The number of nitriles is 1. The number of fused-ring (bicyclic) bond motifs is 7. The van der Waals surface area contributed by atoms with Gasteiger partial charge in [0.1, 0.15) is 46.8 Å². The zero-order valence-electron chi connectivity index (χ0n) is 30.1. The van der Waals surface area contributed by atoms with E-state index in [0.29, 0.717) is 60.8 Å². The number of anilines is 2. The Labute approximate surface area is 322 Å². The van der Waals surface area contributed by atoms with Gasteiger partial charge in [-0.25, -0.2) is 18.0 Å². The fraction of sp³-hybridized carbons (Fsp3) is 0.487. The molecule has 5 aliphatic heterocycles. The van der Waals surface area contributed by atoms with Gasteiger partial charge >= 0.3 is 11.8 Å². The van der Waals surface area contributed by atoms with Crippen molar-refractivity contribution in [3.8, 4) is 23.2 Å². The van der Waals surface area contributed by atoms with Crippen molar-refractivity contribution in [1.82, 2.24) is 19.8 Å². The van der Waals surface area contributed by atoms with Gasteiger partial charge in [0.25, 0.3) is 0 Å². The summed E-state index contributed by atoms with van der Waals surface area (Å²) in [6, 6.07) is 4.71. The van der Waals surface area contributed by atoms with E-state index in [2.05, 4.69) is 27.7 Å². The zero-order valence-corrected chi connectivity index (χ0v) is 31.7. The third kappa shape index (κ3) is 5.17. The summed E-state index contributed by atoms with van der Waals surface area (Å²) in [5.41, 5.74) is 6.63. The van der Waals surface area contributed by atoms with Crippen molar-refractivity contribution in [1.29, 1.82) is 5.26 Å². The van der Waals surface area contributed by atoms with Gasteiger partial charge in [0.05, 0.1) is 32.8 Å². The molecule has 16 heteroatoms. The summed E-state index contributed by atoms with van der Waals surface area (Å²) >= 11 is 8.28. The normalized spacial score (nSPS) is 27.5. The molecular weight excluding hydrogens is 755 g/mol. The van der Waals surface area contributed by atoms with E-state index in [1.807, 2.05) is 0 Å². The Morgan fingerprint density at radius 1 is 1.20 bits per heavy atom. The molecule has 0 saturated carbocycles. The number of alkyl halides is 1. The van der Waals surface area contributed by atoms with Crippen molar-refractivity contribution in [2.45, 2.75) is 88.8 Å². The molecule has 0 spiro atoms. The largest absolute Gasteiger partial charge is 0.519 e. The summed E-state index contributed by atoms with van der Waals surface area (Å²) in [4.78, 5) is 28.5. The molecule has 6 atom stereocenters. The highest BCUT2D eigenvalue weighted by molar-refractivity contribution is 7.23. The van der Waals surface area contributed by atoms with Crippen molar-refractivity contribution >= 4 is 54.7 Å². The summed E-state index contributed by atoms with van der Waals surface area (Å²) in [6.07, 6.45) is 3.31. The average molecular weight is 792 g/mol. The van der Waals surface area contributed by atoms with Crippen LogP contribution in [0.4, 0.5) is 24.0 Å². The van der Waals surface area contributed by atoms with Gasteiger partial charge in [0.15, 0.2) is 11.6 Å². The topological polar surface area (TPSA) is 138 Å². The Morgan fingerprint density at radius 2 is 2.04 bits per heavy atom. The minimum absolute atomic E-state index is 0.00239. The molecule has 5 aliphatic rings. The molecule has 5 aromatic rings. The second kappa shape index (κ2) is 12.6. The van der Waals surface area contributed by atoms with Crippen LogP contribution in [0, 0.1) is 35.8 Å². The molecule has 3 aromatic heterocycles. The molecule has 2 bridgehead atoms. The third-order valence-electron chi connectivity index (χ3n) is 12.9. The van der Waals surface area contributed by atoms with E-state index >= 15 is 8.78 Å². The number of piperazine rings is 1. The smallest absolute Gasteiger partial charge is 0.461 e. The fourth-order valence-corrected chi connectivity index (χ4v) is 11.9. The fourth-order valence-electron chi connectivity index (χ4n) is 10.6. The van der Waals surface area contributed by atoms with Crippen LogP contribution in [0.2, 0.25) is 5.02 Å². The number of halogens is 4. The maximum atomic E-state index is 17.6. The van der Waals surface area contributed by atoms with Crippen molar-refractivity contribution in [2.24, 2.45) is 5.92 Å². The maximum Gasteiger partial charge on any atom is 0.519 e. The molecule has 55 heavy (non-hydrogen) atoms. The van der Waals surface area contributed by atoms with Crippen LogP contribution >= 0.6 is 22.9 Å². The van der Waals surface area contributed by atoms with Crippen LogP contribution in [0.1, 0.15) is 61.7 Å². The minimum atomic E-state index is -0.958. The first-order chi connectivity index (χ1) is 26.5. The molecule has 0 radical (unpaired) electrons. The van der Waals surface area contributed by atoms with Gasteiger partial charge in [-0.3, -0.25) is 9.80 Å². The predicted molar refractivity (Wildman–Crippen MR) is 201 cm³/mol. The van der Waals surface area contributed by atoms with Crippen molar-refractivity contribution in [2.75, 3.05) is 36.9 Å². The SMILES string of the molecule is Cc1oc(=O)oc1CN1[C@@H]2CC[C@H]1[C@@H]1[C@@H](C)Cc3c(Cl)c(-c4ccc(F)c5sc(N)c(C#N)c45)c(F)c4nc(OC[C@@]56CCCN5C[C@H](F)C6)nc(c34)N1C2. The molecule has 286 valence electrons. The Kier molecular flexibility index (Phi) is 8.02. The minimum Gasteiger partial charge on any atom is -0.461 e. The first-order valence-corrected chi connectivity index (χ1v) is 19.9. The number of hydrogen-bond acceptors (Lipinski definition) is 12. The molecule has 8 heterocycles. The summed E-state index contributed by atoms with van der Waals surface area (Å²) in [5.74, 6) is -0.637. The Hall–Kier alpha value is -4.36. The van der Waals surface area contributed by atoms with E-state index in [0.717, 1.165) is 43.6 Å². The molecule has 11 nitrogen and oxygen atoms in total. The van der Waals surface area contributed by atoms with Crippen molar-refractivity contribution in [3.63, 3.8) is 0 Å². The summed E-state index contributed by atoms with van der Waals surface area (Å²) < 4.78 is 64.7. The Bertz CT molecular complexity index is 2540. The van der Waals surface area contributed by atoms with Crippen LogP contribution in [0.3, 0.4) is 0 Å². The average Bonchev–Trinajstić information content (AvgIpc) is 3.91. The third-order valence-corrected chi connectivity index (χ3v) is 14.4. The Morgan fingerprint density at radius 3 is 2.82 bits per heavy atom. The number of rotatable bonds is 6. The van der Waals surface area contributed by atoms with Crippen LogP contribution in [0.5, 0.6) is 6.01 Å². The van der Waals surface area contributed by atoms with Gasteiger partial charge in [-0.15, -0.1) is 11.3 Å². The number of aryl methyl sites for hydroxylation is 1. The molecule has 2 N–H and O–H groups in total. The first-order valence-electron chi connectivity index (χ1n) is 18.7. The molecule has 10 rings (SSSR count). The quantitative estimate of drug-likeness (QED) is 0.188. The predicted octanol–water partition coefficient (Wildman–Crippen LogP) is 7.12. The van der Waals surface area contributed by atoms with E-state index in [-0.39, 0.29) is 79.0 Å². The van der Waals surface area contributed by atoms with E-state index < -0.39 is 29.2 Å². The van der Waals surface area contributed by atoms with Crippen LogP contribution in [0.25, 0.3) is 32.1 Å². The number of ether oxygens (including phenoxy) is 1. The highest BCUT2D eigenvalue weighted by Gasteiger charge is 2.52. The molecule has 4 fully saturated rings. The lowest BCUT2D eigenvalue weighted by atomic mass is 9.86. The first kappa shape index (κ1) is 35.1. The van der Waals surface area contributed by atoms with E-state index in [1.54, 1.807) is 6.92 Å². The molecule has 2 aromatic carbocycles. The highest BCUT2D eigenvalue weighted by Crippen LogP contribution is 2.52. The summed E-state index contributed by atoms with van der Waals surface area (Å²) in [7, 11) is 0. The lowest BCUT2D eigenvalue weighted by Gasteiger charge is -2.49. The number of nitrogens with zero attached hydrogens (tertiary/aromatic N) is 6. The molecule has 0 aliphatic carbocycles. The van der Waals surface area contributed by atoms with E-state index in [1.165, 1.54) is 12.1 Å². The van der Waals surface area contributed by atoms with Gasteiger partial charge in [0, 0.05) is 48.6 Å². The molecular formula is C39H37ClF3N7O4S. The van der Waals surface area contributed by atoms with Gasteiger partial charge in [0.2, 0.25) is 0 Å². The zero-order chi connectivity index (χ0) is 38.1. The second-order valence-electron chi connectivity index (χ2n) is 15.9. The van der Waals surface area contributed by atoms with Crippen LogP contribution in [-0.2, 0) is 13.0 Å². The lowest BCUT2D eigenvalue weighted by Crippen LogP contribution is -2.61. The lowest BCUT2D eigenvalue weighted by molar-refractivity contribution is 0.0984. The number of thiophene rings is 1. The standard InChI is InChI=1S/C39H37ClF3N7O4S/c1-17-10-22-29-32(31(43)28(30(22)40)21-5-6-24(42)34-27(21)23(12-44)35(45)55-34)46-37(52-16-39-8-3-9-48(39)13-19(41)11-39)47-36(29)50-14-20-4-7-25(33(17)50)49(20)15-26-18(2)53-38(51)54-26/h5-6,17,19-20,25,33H,3-4,7-11,13-16,45H2,1-2H3/t17-,19+,20+,25-,33-,39-/m0/s1. The van der Waals surface area contributed by atoms with Crippen LogP contribution < -0.4 is 21.2 Å². The monoisotopic (exact) mass is 791 g/mol. The van der Waals surface area contributed by atoms with Crippen molar-refractivity contribution < 1.29 is 26.7 Å². The number of aromatic nitrogens is 2. The molecule has 0 amide bonds. The molecule has 4 saturated heterocycles. The highest BCUT2D eigenvalue weighted by atomic mass is 35.5. The van der Waals surface area contributed by atoms with Crippen LogP contribution in [0.15, 0.2) is 25.8 Å². The van der Waals surface area contributed by atoms with E-state index in [9.17, 15) is 14.4 Å². The maximum absolute atomic E-state index is 17.6. The number of hydrogen-bond donors (Lipinski definition) is 1. The number of nitrogens with two attached hydrogens (primary N) is 1. The second-order valence-corrected chi connectivity index (χ2v) is 17.3. The van der Waals surface area contributed by atoms with Crippen molar-refractivity contribution in [3.05, 3.63) is 62.1 Å². The van der Waals surface area contributed by atoms with E-state index in [4.69, 9.17) is 40.9 Å². The van der Waals surface area contributed by atoms with Gasteiger partial charge in [-0.2, -0.15) is 15.2 Å². The Balaban J connectivity index is 1.15. The van der Waals surface area contributed by atoms with Gasteiger partial charge in [-0.1, -0.05) is 24.6 Å². The molecule has 0 unspecified atom stereocenters. The van der Waals surface area contributed by atoms with Gasteiger partial charge in [-0.05, 0) is 68.7 Å². The number of nitrogen functional groups attached to an aromatic ring is 1.